The van der Waals surface area contributed by atoms with Crippen molar-refractivity contribution in [1.82, 2.24) is 4.98 Å². The van der Waals surface area contributed by atoms with Crippen LogP contribution in [0.5, 0.6) is 0 Å². The second kappa shape index (κ2) is 5.11. The fourth-order valence-corrected chi connectivity index (χ4v) is 3.01. The van der Waals surface area contributed by atoms with Crippen LogP contribution in [0, 0.1) is 5.92 Å². The fourth-order valence-electron chi connectivity index (χ4n) is 1.65. The lowest BCUT2D eigenvalue weighted by molar-refractivity contribution is -0.141. The van der Waals surface area contributed by atoms with E-state index in [1.807, 2.05) is 13.8 Å². The maximum atomic E-state index is 12.6. The van der Waals surface area contributed by atoms with Gasteiger partial charge in [0.25, 0.3) is 0 Å². The van der Waals surface area contributed by atoms with E-state index in [9.17, 15) is 13.2 Å². The number of thioether (sulfide) groups is 1. The van der Waals surface area contributed by atoms with Crippen LogP contribution in [-0.4, -0.2) is 10.7 Å². The summed E-state index contributed by atoms with van der Waals surface area (Å²) >= 11 is 1.47. The van der Waals surface area contributed by atoms with Crippen LogP contribution in [-0.2, 0) is 6.18 Å². The maximum absolute atomic E-state index is 12.6. The summed E-state index contributed by atoms with van der Waals surface area (Å²) in [7, 11) is 0. The third-order valence-corrected chi connectivity index (χ3v) is 4.19. The zero-order valence-corrected chi connectivity index (χ0v) is 11.2. The highest BCUT2D eigenvalue weighted by atomic mass is 32.2. The highest BCUT2D eigenvalue weighted by Crippen LogP contribution is 2.38. The molecule has 5 heteroatoms. The molecule has 0 saturated heterocycles. The SMILES string of the molecule is CC(C)c1ccc(C(F)(F)F)nc1SCC1CC1. The molecule has 1 nitrogen and oxygen atoms in total. The normalized spacial score (nSPS) is 16.3. The van der Waals surface area contributed by atoms with Gasteiger partial charge in [0.1, 0.15) is 10.7 Å². The van der Waals surface area contributed by atoms with Gasteiger partial charge in [-0.05, 0) is 36.3 Å². The van der Waals surface area contributed by atoms with Gasteiger partial charge in [0, 0.05) is 5.75 Å². The summed E-state index contributed by atoms with van der Waals surface area (Å²) in [6, 6.07) is 2.65. The molecule has 1 heterocycles. The van der Waals surface area contributed by atoms with Gasteiger partial charge in [-0.2, -0.15) is 13.2 Å². The molecule has 0 bridgehead atoms. The molecule has 18 heavy (non-hydrogen) atoms. The first-order valence-corrected chi connectivity index (χ1v) is 7.07. The molecular formula is C13H16F3NS. The Morgan fingerprint density at radius 1 is 1.33 bits per heavy atom. The summed E-state index contributed by atoms with van der Waals surface area (Å²) in [6.07, 6.45) is -1.96. The lowest BCUT2D eigenvalue weighted by Crippen LogP contribution is -2.10. The first-order valence-electron chi connectivity index (χ1n) is 6.09. The van der Waals surface area contributed by atoms with Gasteiger partial charge in [0.05, 0.1) is 0 Å². The summed E-state index contributed by atoms with van der Waals surface area (Å²) in [5, 5.41) is 0.548. The lowest BCUT2D eigenvalue weighted by Gasteiger charge is -2.14. The van der Waals surface area contributed by atoms with Crippen LogP contribution >= 0.6 is 11.8 Å². The van der Waals surface area contributed by atoms with Gasteiger partial charge in [0.15, 0.2) is 0 Å². The molecule has 0 unspecified atom stereocenters. The van der Waals surface area contributed by atoms with Crippen molar-refractivity contribution >= 4 is 11.8 Å². The van der Waals surface area contributed by atoms with Crippen LogP contribution in [0.1, 0.15) is 43.9 Å². The van der Waals surface area contributed by atoms with Crippen molar-refractivity contribution in [2.45, 2.75) is 43.8 Å². The van der Waals surface area contributed by atoms with Crippen molar-refractivity contribution in [3.63, 3.8) is 0 Å². The summed E-state index contributed by atoms with van der Waals surface area (Å²) in [4.78, 5) is 3.80. The number of hydrogen-bond acceptors (Lipinski definition) is 2. The third-order valence-electron chi connectivity index (χ3n) is 2.95. The van der Waals surface area contributed by atoms with E-state index in [2.05, 4.69) is 4.98 Å². The molecule has 0 amide bonds. The monoisotopic (exact) mass is 275 g/mol. The van der Waals surface area contributed by atoms with Gasteiger partial charge in [0.2, 0.25) is 0 Å². The lowest BCUT2D eigenvalue weighted by atomic mass is 10.1. The molecule has 0 aliphatic heterocycles. The van der Waals surface area contributed by atoms with E-state index in [0.717, 1.165) is 17.4 Å². The number of halogens is 3. The highest BCUT2D eigenvalue weighted by Gasteiger charge is 2.33. The van der Waals surface area contributed by atoms with Crippen molar-refractivity contribution < 1.29 is 13.2 Å². The van der Waals surface area contributed by atoms with E-state index in [1.165, 1.54) is 24.6 Å². The van der Waals surface area contributed by atoms with Crippen LogP contribution in [0.15, 0.2) is 17.2 Å². The Morgan fingerprint density at radius 3 is 2.50 bits per heavy atom. The zero-order chi connectivity index (χ0) is 13.3. The Hall–Kier alpha value is -0.710. The van der Waals surface area contributed by atoms with Gasteiger partial charge in [-0.15, -0.1) is 11.8 Å². The van der Waals surface area contributed by atoms with Crippen molar-refractivity contribution in [3.05, 3.63) is 23.4 Å². The van der Waals surface area contributed by atoms with Crippen LogP contribution in [0.25, 0.3) is 0 Å². The number of pyridine rings is 1. The Kier molecular flexibility index (Phi) is 3.90. The van der Waals surface area contributed by atoms with Crippen molar-refractivity contribution in [3.8, 4) is 0 Å². The van der Waals surface area contributed by atoms with Crippen LogP contribution in [0.2, 0.25) is 0 Å². The van der Waals surface area contributed by atoms with Crippen molar-refractivity contribution in [2.75, 3.05) is 5.75 Å². The van der Waals surface area contributed by atoms with Gasteiger partial charge in [-0.25, -0.2) is 4.98 Å². The van der Waals surface area contributed by atoms with Crippen molar-refractivity contribution in [2.24, 2.45) is 5.92 Å². The Morgan fingerprint density at radius 2 is 2.00 bits per heavy atom. The Labute approximate surface area is 109 Å². The number of aromatic nitrogens is 1. The van der Waals surface area contributed by atoms with Gasteiger partial charge >= 0.3 is 6.18 Å². The largest absolute Gasteiger partial charge is 0.433 e. The van der Waals surface area contributed by atoms with E-state index in [1.54, 1.807) is 6.07 Å². The third kappa shape index (κ3) is 3.40. The van der Waals surface area contributed by atoms with E-state index >= 15 is 0 Å². The second-order valence-electron chi connectivity index (χ2n) is 5.00. The molecular weight excluding hydrogens is 259 g/mol. The van der Waals surface area contributed by atoms with E-state index in [4.69, 9.17) is 0 Å². The molecule has 100 valence electrons. The van der Waals surface area contributed by atoms with E-state index in [-0.39, 0.29) is 5.92 Å². The predicted molar refractivity (Wildman–Crippen MR) is 66.8 cm³/mol. The van der Waals surface area contributed by atoms with Crippen LogP contribution in [0.3, 0.4) is 0 Å². The second-order valence-corrected chi connectivity index (χ2v) is 6.01. The molecule has 1 aliphatic rings. The van der Waals surface area contributed by atoms with Crippen LogP contribution in [0.4, 0.5) is 13.2 Å². The Balaban J connectivity index is 2.24. The first-order chi connectivity index (χ1) is 8.38. The standard InChI is InChI=1S/C13H16F3NS/c1-8(2)10-5-6-11(13(14,15)16)17-12(10)18-7-9-3-4-9/h5-6,8-9H,3-4,7H2,1-2H3. The minimum atomic E-state index is -4.36. The minimum Gasteiger partial charge on any atom is -0.237 e. The highest BCUT2D eigenvalue weighted by molar-refractivity contribution is 7.99. The quantitative estimate of drug-likeness (QED) is 0.737. The van der Waals surface area contributed by atoms with Gasteiger partial charge in [-0.1, -0.05) is 19.9 Å². The zero-order valence-electron chi connectivity index (χ0n) is 10.4. The molecule has 1 saturated carbocycles. The number of rotatable bonds is 4. The summed E-state index contributed by atoms with van der Waals surface area (Å²) in [6.45, 7) is 3.96. The Bertz CT molecular complexity index is 425. The van der Waals surface area contributed by atoms with E-state index < -0.39 is 11.9 Å². The molecule has 2 rings (SSSR count). The molecule has 0 spiro atoms. The molecule has 1 aromatic rings. The van der Waals surface area contributed by atoms with Crippen molar-refractivity contribution in [1.29, 1.82) is 0 Å². The summed E-state index contributed by atoms with van der Waals surface area (Å²) in [5.74, 6) is 1.75. The smallest absolute Gasteiger partial charge is 0.237 e. The summed E-state index contributed by atoms with van der Waals surface area (Å²) in [5.41, 5.74) is 0.124. The topological polar surface area (TPSA) is 12.9 Å². The first kappa shape index (κ1) is 13.7. The summed E-state index contributed by atoms with van der Waals surface area (Å²) < 4.78 is 37.9. The number of hydrogen-bond donors (Lipinski definition) is 0. The average Bonchev–Trinajstić information content (AvgIpc) is 3.08. The number of alkyl halides is 3. The van der Waals surface area contributed by atoms with Gasteiger partial charge < -0.3 is 0 Å². The molecule has 0 N–H and O–H groups in total. The molecule has 1 aromatic heterocycles. The molecule has 1 aliphatic carbocycles. The van der Waals surface area contributed by atoms with Crippen LogP contribution < -0.4 is 0 Å². The molecule has 1 fully saturated rings. The van der Waals surface area contributed by atoms with E-state index in [0.29, 0.717) is 10.9 Å². The minimum absolute atomic E-state index is 0.196. The molecule has 0 aromatic carbocycles. The molecule has 0 atom stereocenters. The van der Waals surface area contributed by atoms with Gasteiger partial charge in [-0.3, -0.25) is 0 Å². The maximum Gasteiger partial charge on any atom is 0.433 e. The average molecular weight is 275 g/mol. The molecule has 0 radical (unpaired) electrons. The number of nitrogens with zero attached hydrogens (tertiary/aromatic N) is 1. The fraction of sp³-hybridized carbons (Fsp3) is 0.615. The predicted octanol–water partition coefficient (Wildman–Crippen LogP) is 4.73.